The molecule has 0 spiro atoms. The number of amides is 1. The van der Waals surface area contributed by atoms with E-state index in [-0.39, 0.29) is 11.8 Å². The molecule has 30 heavy (non-hydrogen) atoms. The van der Waals surface area contributed by atoms with Gasteiger partial charge >= 0.3 is 0 Å². The second kappa shape index (κ2) is 7.45. The third-order valence-electron chi connectivity index (χ3n) is 6.04. The van der Waals surface area contributed by atoms with Crippen molar-refractivity contribution in [2.45, 2.75) is 32.7 Å². The van der Waals surface area contributed by atoms with E-state index < -0.39 is 0 Å². The number of hydrogen-bond donors (Lipinski definition) is 0. The monoisotopic (exact) mass is 395 g/mol. The number of carbonyl (C=O) groups excluding carboxylic acids is 1. The van der Waals surface area contributed by atoms with Gasteiger partial charge in [-0.15, -0.1) is 0 Å². The fourth-order valence-corrected chi connectivity index (χ4v) is 4.43. The quantitative estimate of drug-likeness (QED) is 0.475. The molecule has 4 nitrogen and oxygen atoms in total. The first kappa shape index (κ1) is 18.6. The molecule has 4 heteroatoms. The summed E-state index contributed by atoms with van der Waals surface area (Å²) in [4.78, 5) is 19.8. The van der Waals surface area contributed by atoms with Crippen LogP contribution in [0.2, 0.25) is 0 Å². The van der Waals surface area contributed by atoms with Gasteiger partial charge in [-0.1, -0.05) is 60.2 Å². The maximum atomic E-state index is 12.9. The van der Waals surface area contributed by atoms with Crippen molar-refractivity contribution < 1.29 is 4.79 Å². The van der Waals surface area contributed by atoms with Crippen LogP contribution in [-0.2, 0) is 11.3 Å². The molecule has 5 rings (SSSR count). The van der Waals surface area contributed by atoms with Crippen LogP contribution in [0.25, 0.3) is 11.0 Å². The molecule has 1 aliphatic heterocycles. The van der Waals surface area contributed by atoms with E-state index in [1.54, 1.807) is 0 Å². The molecule has 0 radical (unpaired) electrons. The van der Waals surface area contributed by atoms with Crippen molar-refractivity contribution in [1.29, 1.82) is 0 Å². The van der Waals surface area contributed by atoms with Crippen LogP contribution in [0.4, 0.5) is 5.69 Å². The van der Waals surface area contributed by atoms with Gasteiger partial charge in [0.25, 0.3) is 0 Å². The van der Waals surface area contributed by atoms with Crippen LogP contribution in [0, 0.1) is 13.8 Å². The number of carbonyl (C=O) groups is 1. The van der Waals surface area contributed by atoms with Crippen molar-refractivity contribution in [2.75, 3.05) is 11.4 Å². The molecule has 1 fully saturated rings. The Hall–Kier alpha value is -3.40. The summed E-state index contributed by atoms with van der Waals surface area (Å²) in [6, 6.07) is 25.0. The number of benzene rings is 3. The highest BCUT2D eigenvalue weighted by atomic mass is 16.2. The summed E-state index contributed by atoms with van der Waals surface area (Å²) in [5.74, 6) is 1.25. The van der Waals surface area contributed by atoms with Crippen LogP contribution < -0.4 is 4.90 Å². The summed E-state index contributed by atoms with van der Waals surface area (Å²) >= 11 is 0. The van der Waals surface area contributed by atoms with Crippen LogP contribution in [0.5, 0.6) is 0 Å². The number of para-hydroxylation sites is 3. The van der Waals surface area contributed by atoms with E-state index in [1.165, 1.54) is 11.1 Å². The molecule has 1 amide bonds. The average Bonchev–Trinajstić information content (AvgIpc) is 3.31. The predicted octanol–water partition coefficient (Wildman–Crippen LogP) is 5.22. The van der Waals surface area contributed by atoms with Crippen LogP contribution >= 0.6 is 0 Å². The lowest BCUT2D eigenvalue weighted by atomic mass is 10.1. The Labute approximate surface area is 176 Å². The van der Waals surface area contributed by atoms with Gasteiger partial charge in [0.05, 0.1) is 11.0 Å². The summed E-state index contributed by atoms with van der Waals surface area (Å²) in [5, 5.41) is 0. The zero-order chi connectivity index (χ0) is 20.7. The second-order valence-corrected chi connectivity index (χ2v) is 8.22. The summed E-state index contributed by atoms with van der Waals surface area (Å²) < 4.78 is 2.29. The van der Waals surface area contributed by atoms with Gasteiger partial charge in [-0.25, -0.2) is 4.98 Å². The lowest BCUT2D eigenvalue weighted by Crippen LogP contribution is -2.25. The molecule has 2 heterocycles. The van der Waals surface area contributed by atoms with Crippen molar-refractivity contribution in [1.82, 2.24) is 9.55 Å². The van der Waals surface area contributed by atoms with Gasteiger partial charge in [0.15, 0.2) is 0 Å². The summed E-state index contributed by atoms with van der Waals surface area (Å²) in [5.41, 5.74) is 6.73. The number of imidazole rings is 1. The number of hydrogen-bond acceptors (Lipinski definition) is 2. The minimum atomic E-state index is 0.0787. The highest BCUT2D eigenvalue weighted by molar-refractivity contribution is 5.97. The highest BCUT2D eigenvalue weighted by Crippen LogP contribution is 2.34. The first-order chi connectivity index (χ1) is 14.6. The average molecular weight is 396 g/mol. The van der Waals surface area contributed by atoms with Crippen LogP contribution in [-0.4, -0.2) is 22.0 Å². The number of nitrogens with zero attached hydrogens (tertiary/aromatic N) is 3. The molecular weight excluding hydrogens is 370 g/mol. The van der Waals surface area contributed by atoms with Gasteiger partial charge in [-0.05, 0) is 43.2 Å². The Bertz CT molecular complexity index is 1220. The number of rotatable bonds is 4. The lowest BCUT2D eigenvalue weighted by molar-refractivity contribution is -0.117. The first-order valence-electron chi connectivity index (χ1n) is 10.5. The molecule has 150 valence electrons. The van der Waals surface area contributed by atoms with Crippen LogP contribution in [0.1, 0.15) is 34.9 Å². The predicted molar refractivity (Wildman–Crippen MR) is 121 cm³/mol. The van der Waals surface area contributed by atoms with Crippen LogP contribution in [0.15, 0.2) is 72.8 Å². The number of anilines is 1. The first-order valence-corrected chi connectivity index (χ1v) is 10.5. The molecule has 1 aliphatic rings. The largest absolute Gasteiger partial charge is 0.323 e. The molecule has 1 aromatic heterocycles. The van der Waals surface area contributed by atoms with E-state index in [9.17, 15) is 4.79 Å². The lowest BCUT2D eigenvalue weighted by Gasteiger charge is -2.19. The Balaban J connectivity index is 1.53. The van der Waals surface area contributed by atoms with Crippen molar-refractivity contribution in [3.63, 3.8) is 0 Å². The van der Waals surface area contributed by atoms with Gasteiger partial charge in [0.2, 0.25) is 5.91 Å². The van der Waals surface area contributed by atoms with Gasteiger partial charge in [-0.3, -0.25) is 4.79 Å². The topological polar surface area (TPSA) is 38.1 Å². The molecule has 1 unspecified atom stereocenters. The maximum Gasteiger partial charge on any atom is 0.227 e. The number of fused-ring (bicyclic) bond motifs is 1. The van der Waals surface area contributed by atoms with Gasteiger partial charge in [-0.2, -0.15) is 0 Å². The molecule has 1 saturated heterocycles. The minimum absolute atomic E-state index is 0.0787. The Kier molecular flexibility index (Phi) is 4.62. The van der Waals surface area contributed by atoms with E-state index in [0.29, 0.717) is 13.0 Å². The van der Waals surface area contributed by atoms with Crippen molar-refractivity contribution >= 4 is 22.6 Å². The minimum Gasteiger partial charge on any atom is -0.323 e. The highest BCUT2D eigenvalue weighted by Gasteiger charge is 2.35. The van der Waals surface area contributed by atoms with E-state index in [1.807, 2.05) is 29.2 Å². The molecule has 1 atom stereocenters. The SMILES string of the molecule is Cc1ccc(Cn2c(C3CC(=O)N(c4ccccc4C)C3)nc3ccccc32)cc1. The van der Waals surface area contributed by atoms with E-state index >= 15 is 0 Å². The van der Waals surface area contributed by atoms with E-state index in [2.05, 4.69) is 66.9 Å². The fraction of sp³-hybridized carbons (Fsp3) is 0.231. The summed E-state index contributed by atoms with van der Waals surface area (Å²) in [6.45, 7) is 5.58. The molecule has 0 bridgehead atoms. The van der Waals surface area contributed by atoms with Gasteiger partial charge in [0.1, 0.15) is 5.82 Å². The Morgan fingerprint density at radius 1 is 0.933 bits per heavy atom. The molecule has 0 N–H and O–H groups in total. The molecule has 0 saturated carbocycles. The normalized spacial score (nSPS) is 16.5. The second-order valence-electron chi connectivity index (χ2n) is 8.22. The molecule has 0 aliphatic carbocycles. The third-order valence-corrected chi connectivity index (χ3v) is 6.04. The van der Waals surface area contributed by atoms with Gasteiger partial charge < -0.3 is 9.47 Å². The Morgan fingerprint density at radius 2 is 1.67 bits per heavy atom. The Morgan fingerprint density at radius 3 is 2.47 bits per heavy atom. The molecule has 3 aromatic carbocycles. The number of aryl methyl sites for hydroxylation is 2. The fourth-order valence-electron chi connectivity index (χ4n) is 4.43. The summed E-state index contributed by atoms with van der Waals surface area (Å²) in [7, 11) is 0. The standard InChI is InChI=1S/C26H25N3O/c1-18-11-13-20(14-12-18)16-29-24-10-6-4-8-22(24)27-26(29)21-15-25(30)28(17-21)23-9-5-3-7-19(23)2/h3-14,21H,15-17H2,1-2H3. The van der Waals surface area contributed by atoms with Crippen LogP contribution in [0.3, 0.4) is 0 Å². The number of aromatic nitrogens is 2. The summed E-state index contributed by atoms with van der Waals surface area (Å²) in [6.07, 6.45) is 0.492. The maximum absolute atomic E-state index is 12.9. The van der Waals surface area contributed by atoms with Crippen molar-refractivity contribution in [2.24, 2.45) is 0 Å². The zero-order valence-corrected chi connectivity index (χ0v) is 17.4. The smallest absolute Gasteiger partial charge is 0.227 e. The molecule has 4 aromatic rings. The van der Waals surface area contributed by atoms with E-state index in [0.717, 1.165) is 34.7 Å². The van der Waals surface area contributed by atoms with E-state index in [4.69, 9.17) is 4.98 Å². The zero-order valence-electron chi connectivity index (χ0n) is 17.4. The van der Waals surface area contributed by atoms with Crippen molar-refractivity contribution in [3.8, 4) is 0 Å². The van der Waals surface area contributed by atoms with Crippen molar-refractivity contribution in [3.05, 3.63) is 95.3 Å². The molecular formula is C26H25N3O. The van der Waals surface area contributed by atoms with Gasteiger partial charge in [0, 0.05) is 31.1 Å². The third kappa shape index (κ3) is 3.28.